The van der Waals surface area contributed by atoms with Crippen LogP contribution in [0.3, 0.4) is 0 Å². The van der Waals surface area contributed by atoms with Crippen LogP contribution in [0.15, 0.2) is 12.4 Å². The Balaban J connectivity index is 2.26. The van der Waals surface area contributed by atoms with Crippen molar-refractivity contribution in [3.63, 3.8) is 0 Å². The molecule has 0 spiro atoms. The number of halogens is 2. The smallest absolute Gasteiger partial charge is 0.0838 e. The number of nitrogens with one attached hydrogen (secondary N) is 1. The maximum absolute atomic E-state index is 6.11. The van der Waals surface area contributed by atoms with Crippen molar-refractivity contribution in [2.24, 2.45) is 0 Å². The molecule has 0 aliphatic carbocycles. The number of aromatic nitrogens is 1. The zero-order chi connectivity index (χ0) is 10.7. The van der Waals surface area contributed by atoms with Gasteiger partial charge in [0.25, 0.3) is 0 Å². The summed E-state index contributed by atoms with van der Waals surface area (Å²) in [7, 11) is 0. The third-order valence-electron chi connectivity index (χ3n) is 2.48. The topological polar surface area (TPSA) is 28.2 Å². The van der Waals surface area contributed by atoms with Crippen LogP contribution in [0, 0.1) is 0 Å². The predicted octanol–water partition coefficient (Wildman–Crippen LogP) is 2.19. The van der Waals surface area contributed by atoms with Gasteiger partial charge in [-0.05, 0) is 13.0 Å². The van der Waals surface area contributed by atoms with E-state index in [4.69, 9.17) is 23.2 Å². The Hall–Kier alpha value is -0.510. The van der Waals surface area contributed by atoms with E-state index in [1.54, 1.807) is 12.4 Å². The molecule has 0 aromatic carbocycles. The van der Waals surface area contributed by atoms with Gasteiger partial charge in [-0.3, -0.25) is 4.98 Å². The highest BCUT2D eigenvalue weighted by Crippen LogP contribution is 2.32. The molecule has 15 heavy (non-hydrogen) atoms. The maximum Gasteiger partial charge on any atom is 0.0838 e. The van der Waals surface area contributed by atoms with E-state index in [-0.39, 0.29) is 0 Å². The molecule has 1 N–H and O–H groups in total. The highest BCUT2D eigenvalue weighted by molar-refractivity contribution is 6.38. The number of pyridine rings is 1. The van der Waals surface area contributed by atoms with Gasteiger partial charge in [-0.1, -0.05) is 23.2 Å². The van der Waals surface area contributed by atoms with Gasteiger partial charge in [0.1, 0.15) is 0 Å². The summed E-state index contributed by atoms with van der Waals surface area (Å²) in [6.07, 6.45) is 4.39. The van der Waals surface area contributed by atoms with E-state index in [0.29, 0.717) is 10.0 Å². The molecule has 82 valence electrons. The minimum atomic E-state index is 0.629. The van der Waals surface area contributed by atoms with Crippen LogP contribution in [-0.2, 0) is 0 Å². The van der Waals surface area contributed by atoms with Gasteiger partial charge in [-0.2, -0.15) is 0 Å². The van der Waals surface area contributed by atoms with Crippen LogP contribution in [0.2, 0.25) is 10.0 Å². The number of anilines is 1. The SMILES string of the molecule is Clc1cncc(Cl)c1N1CCCNCC1. The second kappa shape index (κ2) is 5.01. The van der Waals surface area contributed by atoms with E-state index < -0.39 is 0 Å². The van der Waals surface area contributed by atoms with Gasteiger partial charge in [0, 0.05) is 32.0 Å². The minimum absolute atomic E-state index is 0.629. The molecule has 0 unspecified atom stereocenters. The van der Waals surface area contributed by atoms with Gasteiger partial charge in [0.15, 0.2) is 0 Å². The standard InChI is InChI=1S/C10H13Cl2N3/c11-8-6-14-7-9(12)10(8)15-4-1-2-13-3-5-15/h6-7,13H,1-5H2. The van der Waals surface area contributed by atoms with Crippen LogP contribution in [0.25, 0.3) is 0 Å². The van der Waals surface area contributed by atoms with Crippen molar-refractivity contribution in [2.45, 2.75) is 6.42 Å². The highest BCUT2D eigenvalue weighted by Gasteiger charge is 2.15. The van der Waals surface area contributed by atoms with Crippen LogP contribution in [-0.4, -0.2) is 31.2 Å². The third-order valence-corrected chi connectivity index (χ3v) is 3.04. The molecule has 0 atom stereocenters. The second-order valence-corrected chi connectivity index (χ2v) is 4.36. The summed E-state index contributed by atoms with van der Waals surface area (Å²) in [5.41, 5.74) is 0.914. The molecule has 1 aromatic rings. The fourth-order valence-electron chi connectivity index (χ4n) is 1.78. The Morgan fingerprint density at radius 3 is 2.60 bits per heavy atom. The van der Waals surface area contributed by atoms with Crippen molar-refractivity contribution in [3.8, 4) is 0 Å². The van der Waals surface area contributed by atoms with E-state index >= 15 is 0 Å². The Labute approximate surface area is 99.4 Å². The van der Waals surface area contributed by atoms with E-state index in [1.807, 2.05) is 0 Å². The molecule has 3 nitrogen and oxygen atoms in total. The lowest BCUT2D eigenvalue weighted by Gasteiger charge is -2.24. The largest absolute Gasteiger partial charge is 0.368 e. The summed E-state index contributed by atoms with van der Waals surface area (Å²) in [4.78, 5) is 6.17. The molecule has 1 fully saturated rings. The number of hydrogen-bond donors (Lipinski definition) is 1. The Kier molecular flexibility index (Phi) is 3.67. The molecule has 0 bridgehead atoms. The summed E-state index contributed by atoms with van der Waals surface area (Å²) >= 11 is 12.2. The lowest BCUT2D eigenvalue weighted by atomic mass is 10.3. The van der Waals surface area contributed by atoms with Crippen molar-refractivity contribution in [2.75, 3.05) is 31.1 Å². The Morgan fingerprint density at radius 2 is 1.87 bits per heavy atom. The zero-order valence-electron chi connectivity index (χ0n) is 8.34. The van der Waals surface area contributed by atoms with Gasteiger partial charge >= 0.3 is 0 Å². The van der Waals surface area contributed by atoms with Crippen LogP contribution in [0.1, 0.15) is 6.42 Å². The van der Waals surface area contributed by atoms with E-state index in [0.717, 1.165) is 38.3 Å². The molecular formula is C10H13Cl2N3. The first-order chi connectivity index (χ1) is 7.29. The summed E-state index contributed by atoms with van der Waals surface area (Å²) in [5.74, 6) is 0. The zero-order valence-corrected chi connectivity index (χ0v) is 9.85. The fraction of sp³-hybridized carbons (Fsp3) is 0.500. The molecule has 1 aromatic heterocycles. The van der Waals surface area contributed by atoms with Gasteiger partial charge < -0.3 is 10.2 Å². The van der Waals surface area contributed by atoms with Gasteiger partial charge in [0.05, 0.1) is 15.7 Å². The highest BCUT2D eigenvalue weighted by atomic mass is 35.5. The third kappa shape index (κ3) is 2.54. The van der Waals surface area contributed by atoms with Crippen LogP contribution < -0.4 is 10.2 Å². The molecule has 1 saturated heterocycles. The van der Waals surface area contributed by atoms with Crippen molar-refractivity contribution in [3.05, 3.63) is 22.4 Å². The number of nitrogens with zero attached hydrogens (tertiary/aromatic N) is 2. The lowest BCUT2D eigenvalue weighted by molar-refractivity contribution is 0.724. The number of hydrogen-bond acceptors (Lipinski definition) is 3. The summed E-state index contributed by atoms with van der Waals surface area (Å²) in [6.45, 7) is 3.94. The van der Waals surface area contributed by atoms with Crippen LogP contribution in [0.5, 0.6) is 0 Å². The molecule has 1 aliphatic heterocycles. The van der Waals surface area contributed by atoms with E-state index in [9.17, 15) is 0 Å². The van der Waals surface area contributed by atoms with E-state index in [2.05, 4.69) is 15.2 Å². The monoisotopic (exact) mass is 245 g/mol. The Morgan fingerprint density at radius 1 is 1.13 bits per heavy atom. The molecule has 2 rings (SSSR count). The number of rotatable bonds is 1. The molecule has 0 amide bonds. The average Bonchev–Trinajstić information content (AvgIpc) is 2.46. The summed E-state index contributed by atoms with van der Waals surface area (Å²) in [6, 6.07) is 0. The molecule has 0 saturated carbocycles. The van der Waals surface area contributed by atoms with E-state index in [1.165, 1.54) is 0 Å². The maximum atomic E-state index is 6.11. The van der Waals surface area contributed by atoms with Crippen LogP contribution in [0.4, 0.5) is 5.69 Å². The summed E-state index contributed by atoms with van der Waals surface area (Å²) in [5, 5.41) is 4.60. The lowest BCUT2D eigenvalue weighted by Crippen LogP contribution is -2.28. The van der Waals surface area contributed by atoms with Gasteiger partial charge in [-0.25, -0.2) is 0 Å². The first-order valence-electron chi connectivity index (χ1n) is 5.03. The molecule has 1 aliphatic rings. The Bertz CT molecular complexity index is 315. The van der Waals surface area contributed by atoms with Gasteiger partial charge in [0.2, 0.25) is 0 Å². The molecule has 5 heteroatoms. The summed E-state index contributed by atoms with van der Waals surface area (Å²) < 4.78 is 0. The normalized spacial score (nSPS) is 17.6. The quantitative estimate of drug-likeness (QED) is 0.823. The second-order valence-electron chi connectivity index (χ2n) is 3.54. The first kappa shape index (κ1) is 11.0. The van der Waals surface area contributed by atoms with Crippen molar-refractivity contribution >= 4 is 28.9 Å². The minimum Gasteiger partial charge on any atom is -0.368 e. The molecule has 0 radical (unpaired) electrons. The van der Waals surface area contributed by atoms with Crippen LogP contribution >= 0.6 is 23.2 Å². The van der Waals surface area contributed by atoms with Crippen molar-refractivity contribution in [1.82, 2.24) is 10.3 Å². The average molecular weight is 246 g/mol. The fourth-order valence-corrected chi connectivity index (χ4v) is 2.38. The predicted molar refractivity (Wildman–Crippen MR) is 64.0 cm³/mol. The molecule has 2 heterocycles. The van der Waals surface area contributed by atoms with Crippen molar-refractivity contribution in [1.29, 1.82) is 0 Å². The molecular weight excluding hydrogens is 233 g/mol. The van der Waals surface area contributed by atoms with Gasteiger partial charge in [-0.15, -0.1) is 0 Å². The van der Waals surface area contributed by atoms with Crippen molar-refractivity contribution < 1.29 is 0 Å². The first-order valence-corrected chi connectivity index (χ1v) is 5.79.